The Labute approximate surface area is 221 Å². The number of aromatic carboxylic acids is 1. The van der Waals surface area contributed by atoms with E-state index in [1.807, 2.05) is 75.4 Å². The number of benzene rings is 3. The zero-order valence-electron chi connectivity index (χ0n) is 21.9. The number of aromatic nitrogens is 1. The van der Waals surface area contributed by atoms with Crippen molar-refractivity contribution in [2.75, 3.05) is 13.2 Å². The molecule has 0 fully saturated rings. The van der Waals surface area contributed by atoms with E-state index >= 15 is 0 Å². The van der Waals surface area contributed by atoms with Crippen LogP contribution in [0.4, 0.5) is 0 Å². The van der Waals surface area contributed by atoms with Crippen LogP contribution >= 0.6 is 0 Å². The number of pyridine rings is 1. The number of amides is 1. The van der Waals surface area contributed by atoms with Crippen molar-refractivity contribution in [1.82, 2.24) is 9.88 Å². The number of carbonyl (C=O) groups is 2. The number of nitrogens with one attached hydrogen (secondary N) is 1. The topological polar surface area (TPSA) is 99.7 Å². The number of hydrogen-bond donors (Lipinski definition) is 2. The molecule has 1 aromatic heterocycles. The maximum Gasteiger partial charge on any atom is 0.339 e. The molecule has 7 heteroatoms. The van der Waals surface area contributed by atoms with Crippen molar-refractivity contribution in [3.8, 4) is 5.75 Å². The quantitative estimate of drug-likeness (QED) is 0.300. The predicted molar refractivity (Wildman–Crippen MR) is 148 cm³/mol. The van der Waals surface area contributed by atoms with Gasteiger partial charge < -0.3 is 19.7 Å². The Balaban J connectivity index is 1.57. The molecule has 1 heterocycles. The zero-order chi connectivity index (χ0) is 27.2. The molecule has 38 heavy (non-hydrogen) atoms. The molecule has 0 aliphatic rings. The summed E-state index contributed by atoms with van der Waals surface area (Å²) in [4.78, 5) is 42.6. The number of hydrogen-bond acceptors (Lipinski definition) is 4. The lowest BCUT2D eigenvalue weighted by Crippen LogP contribution is -2.37. The van der Waals surface area contributed by atoms with E-state index in [1.165, 1.54) is 0 Å². The first-order chi connectivity index (χ1) is 18.2. The Hall–Kier alpha value is -4.39. The molecule has 0 spiro atoms. The number of carboxylic acids is 1. The van der Waals surface area contributed by atoms with E-state index in [2.05, 4.69) is 4.98 Å². The van der Waals surface area contributed by atoms with Crippen LogP contribution in [0.15, 0.2) is 77.6 Å². The normalized spacial score (nSPS) is 11.1. The highest BCUT2D eigenvalue weighted by Gasteiger charge is 2.20. The lowest BCUT2D eigenvalue weighted by atomic mass is 10.0. The Morgan fingerprint density at radius 2 is 1.76 bits per heavy atom. The molecule has 0 aliphatic heterocycles. The summed E-state index contributed by atoms with van der Waals surface area (Å²) in [7, 11) is 0. The van der Waals surface area contributed by atoms with E-state index in [4.69, 9.17) is 4.74 Å². The van der Waals surface area contributed by atoms with Gasteiger partial charge in [0.25, 0.3) is 11.5 Å². The van der Waals surface area contributed by atoms with Crippen molar-refractivity contribution >= 4 is 22.8 Å². The molecule has 0 unspecified atom stereocenters. The summed E-state index contributed by atoms with van der Waals surface area (Å²) in [6.45, 7) is 6.04. The third-order valence-electron chi connectivity index (χ3n) is 6.56. The number of carboxylic acid groups (broad SMARTS) is 1. The van der Waals surface area contributed by atoms with E-state index in [0.29, 0.717) is 18.5 Å². The van der Waals surface area contributed by atoms with Gasteiger partial charge in [-0.2, -0.15) is 0 Å². The van der Waals surface area contributed by atoms with E-state index in [0.717, 1.165) is 27.6 Å². The number of aryl methyl sites for hydroxylation is 1. The number of rotatable bonds is 10. The SMILES string of the molecule is Cc1ccc2cc(CN(CCc3ccccc3)C(=O)COc3ccc(C(C)C)cc3C(=O)O)c(=O)[nH]c2c1. The standard InChI is InChI=1S/C31H32N2O5/c1-20(2)23-11-12-28(26(17-23)31(36)37)38-19-29(34)33(14-13-22-7-5-4-6-8-22)18-25-16-24-10-9-21(3)15-27(24)32-30(25)35/h4-12,15-17,20H,13-14,18-19H2,1-3H3,(H,32,35)(H,36,37). The van der Waals surface area contributed by atoms with Gasteiger partial charge in [-0.3, -0.25) is 9.59 Å². The van der Waals surface area contributed by atoms with Crippen molar-refractivity contribution in [2.24, 2.45) is 0 Å². The molecule has 4 aromatic rings. The van der Waals surface area contributed by atoms with Crippen LogP contribution in [-0.4, -0.2) is 40.0 Å². The lowest BCUT2D eigenvalue weighted by Gasteiger charge is -2.23. The van der Waals surface area contributed by atoms with Crippen LogP contribution in [-0.2, 0) is 17.8 Å². The maximum absolute atomic E-state index is 13.4. The fourth-order valence-electron chi connectivity index (χ4n) is 4.31. The van der Waals surface area contributed by atoms with Crippen molar-refractivity contribution in [2.45, 2.75) is 39.7 Å². The second kappa shape index (κ2) is 11.8. The number of H-pyrrole nitrogens is 1. The van der Waals surface area contributed by atoms with E-state index < -0.39 is 5.97 Å². The van der Waals surface area contributed by atoms with E-state index in [9.17, 15) is 19.5 Å². The number of fused-ring (bicyclic) bond motifs is 1. The van der Waals surface area contributed by atoms with Gasteiger partial charge in [0.15, 0.2) is 6.61 Å². The molecule has 4 rings (SSSR count). The van der Waals surface area contributed by atoms with E-state index in [-0.39, 0.29) is 41.8 Å². The minimum Gasteiger partial charge on any atom is -0.483 e. The lowest BCUT2D eigenvalue weighted by molar-refractivity contribution is -0.134. The van der Waals surface area contributed by atoms with Crippen molar-refractivity contribution in [1.29, 1.82) is 0 Å². The summed E-state index contributed by atoms with van der Waals surface area (Å²) in [5, 5.41) is 10.6. The zero-order valence-corrected chi connectivity index (χ0v) is 21.9. The largest absolute Gasteiger partial charge is 0.483 e. The van der Waals surface area contributed by atoms with Gasteiger partial charge in [-0.1, -0.05) is 62.4 Å². The second-order valence-electron chi connectivity index (χ2n) is 9.77. The smallest absolute Gasteiger partial charge is 0.339 e. The Morgan fingerprint density at radius 3 is 2.47 bits per heavy atom. The van der Waals surface area contributed by atoms with Gasteiger partial charge in [-0.05, 0) is 65.6 Å². The molecule has 0 saturated carbocycles. The number of ether oxygens (including phenoxy) is 1. The molecule has 7 nitrogen and oxygen atoms in total. The van der Waals surface area contributed by atoms with Crippen LogP contribution in [0.5, 0.6) is 5.75 Å². The van der Waals surface area contributed by atoms with Crippen LogP contribution in [0.3, 0.4) is 0 Å². The highest BCUT2D eigenvalue weighted by Crippen LogP contribution is 2.25. The van der Waals surface area contributed by atoms with Gasteiger partial charge in [0.1, 0.15) is 11.3 Å². The van der Waals surface area contributed by atoms with Gasteiger partial charge in [0.2, 0.25) is 0 Å². The molecule has 196 valence electrons. The summed E-state index contributed by atoms with van der Waals surface area (Å²) >= 11 is 0. The van der Waals surface area contributed by atoms with Crippen LogP contribution in [0.25, 0.3) is 10.9 Å². The first-order valence-electron chi connectivity index (χ1n) is 12.7. The van der Waals surface area contributed by atoms with Gasteiger partial charge in [-0.15, -0.1) is 0 Å². The van der Waals surface area contributed by atoms with Gasteiger partial charge in [0.05, 0.1) is 6.54 Å². The Kier molecular flexibility index (Phi) is 8.26. The fourth-order valence-corrected chi connectivity index (χ4v) is 4.31. The molecular formula is C31H32N2O5. The third-order valence-corrected chi connectivity index (χ3v) is 6.56. The van der Waals surface area contributed by atoms with Gasteiger partial charge in [-0.25, -0.2) is 4.79 Å². The molecule has 0 radical (unpaired) electrons. The minimum atomic E-state index is -1.12. The fraction of sp³-hybridized carbons (Fsp3) is 0.258. The van der Waals surface area contributed by atoms with E-state index in [1.54, 1.807) is 23.1 Å². The van der Waals surface area contributed by atoms with Crippen molar-refractivity contribution < 1.29 is 19.4 Å². The third kappa shape index (κ3) is 6.48. The van der Waals surface area contributed by atoms with Crippen LogP contribution in [0, 0.1) is 6.92 Å². The van der Waals surface area contributed by atoms with Crippen LogP contribution in [0.2, 0.25) is 0 Å². The van der Waals surface area contributed by atoms with Gasteiger partial charge >= 0.3 is 5.97 Å². The van der Waals surface area contributed by atoms with Crippen molar-refractivity contribution in [3.63, 3.8) is 0 Å². The molecule has 3 aromatic carbocycles. The molecular weight excluding hydrogens is 480 g/mol. The highest BCUT2D eigenvalue weighted by atomic mass is 16.5. The molecule has 0 saturated heterocycles. The summed E-state index contributed by atoms with van der Waals surface area (Å²) in [6, 6.07) is 22.4. The predicted octanol–water partition coefficient (Wildman–Crippen LogP) is 5.31. The number of carbonyl (C=O) groups excluding carboxylic acids is 1. The first kappa shape index (κ1) is 26.7. The minimum absolute atomic E-state index is 0.0149. The molecule has 2 N–H and O–H groups in total. The first-order valence-corrected chi connectivity index (χ1v) is 12.7. The number of nitrogens with zero attached hydrogens (tertiary/aromatic N) is 1. The molecule has 0 atom stereocenters. The molecule has 0 aliphatic carbocycles. The summed E-state index contributed by atoms with van der Waals surface area (Å²) in [6.07, 6.45) is 0.598. The highest BCUT2D eigenvalue weighted by molar-refractivity contribution is 5.91. The van der Waals surface area contributed by atoms with Gasteiger partial charge in [0, 0.05) is 17.6 Å². The summed E-state index contributed by atoms with van der Waals surface area (Å²) < 4.78 is 5.72. The average Bonchev–Trinajstić information content (AvgIpc) is 2.90. The summed E-state index contributed by atoms with van der Waals surface area (Å²) in [5.74, 6) is -1.17. The Morgan fingerprint density at radius 1 is 1.00 bits per heavy atom. The summed E-state index contributed by atoms with van der Waals surface area (Å²) in [5.41, 5.74) is 3.95. The Bertz CT molecular complexity index is 1510. The van der Waals surface area contributed by atoms with Crippen molar-refractivity contribution in [3.05, 3.63) is 111 Å². The maximum atomic E-state index is 13.4. The molecule has 0 bridgehead atoms. The number of aromatic amines is 1. The van der Waals surface area contributed by atoms with Crippen LogP contribution < -0.4 is 10.3 Å². The average molecular weight is 513 g/mol. The molecule has 1 amide bonds. The second-order valence-corrected chi connectivity index (χ2v) is 9.77. The van der Waals surface area contributed by atoms with Crippen LogP contribution in [0.1, 0.15) is 52.4 Å². The monoisotopic (exact) mass is 512 g/mol.